The average molecular weight is 492 g/mol. The summed E-state index contributed by atoms with van der Waals surface area (Å²) in [5.74, 6) is 0.983. The number of aromatic nitrogens is 4. The van der Waals surface area contributed by atoms with Crippen molar-refractivity contribution in [2.45, 2.75) is 32.9 Å². The summed E-state index contributed by atoms with van der Waals surface area (Å²) in [5, 5.41) is 8.79. The molecule has 0 bridgehead atoms. The fraction of sp³-hybridized carbons (Fsp3) is 0.226. The highest BCUT2D eigenvalue weighted by molar-refractivity contribution is 5.83. The Morgan fingerprint density at radius 2 is 1.95 bits per heavy atom. The van der Waals surface area contributed by atoms with Crippen LogP contribution in [0.3, 0.4) is 0 Å². The van der Waals surface area contributed by atoms with Crippen LogP contribution in [0.5, 0.6) is 0 Å². The molecule has 3 heterocycles. The highest BCUT2D eigenvalue weighted by Gasteiger charge is 2.21. The number of ether oxygens (including phenoxy) is 1. The zero-order valence-electron chi connectivity index (χ0n) is 21.4. The summed E-state index contributed by atoms with van der Waals surface area (Å²) in [6, 6.07) is 16.7. The van der Waals surface area contributed by atoms with Gasteiger partial charge in [0.25, 0.3) is 0 Å². The Hall–Kier alpha value is -4.16. The first-order valence-corrected chi connectivity index (χ1v) is 12.9. The van der Waals surface area contributed by atoms with Gasteiger partial charge < -0.3 is 9.72 Å². The number of aromatic amines is 2. The van der Waals surface area contributed by atoms with Gasteiger partial charge in [-0.3, -0.25) is 15.0 Å². The van der Waals surface area contributed by atoms with Gasteiger partial charge in [-0.05, 0) is 72.6 Å². The molecule has 1 aliphatic carbocycles. The smallest absolute Gasteiger partial charge is 0.130 e. The Labute approximate surface area is 218 Å². The van der Waals surface area contributed by atoms with E-state index in [4.69, 9.17) is 4.74 Å². The van der Waals surface area contributed by atoms with Crippen LogP contribution >= 0.6 is 0 Å². The van der Waals surface area contributed by atoms with Crippen LogP contribution in [0.4, 0.5) is 0 Å². The maximum atomic E-state index is 6.30. The van der Waals surface area contributed by atoms with Crippen molar-refractivity contribution in [3.8, 4) is 0 Å². The summed E-state index contributed by atoms with van der Waals surface area (Å²) in [6.45, 7) is 6.87. The van der Waals surface area contributed by atoms with Crippen molar-refractivity contribution in [1.29, 1.82) is 0 Å². The highest BCUT2D eigenvalue weighted by Crippen LogP contribution is 2.26. The van der Waals surface area contributed by atoms with E-state index in [0.717, 1.165) is 59.0 Å². The van der Waals surface area contributed by atoms with Gasteiger partial charge in [-0.15, -0.1) is 0 Å². The summed E-state index contributed by atoms with van der Waals surface area (Å²) >= 11 is 0. The Morgan fingerprint density at radius 3 is 2.78 bits per heavy atom. The third-order valence-electron chi connectivity index (χ3n) is 6.70. The quantitative estimate of drug-likeness (QED) is 0.262. The number of nitrogens with zero attached hydrogens (tertiary/aromatic N) is 3. The number of hydrogen-bond donors (Lipinski definition) is 2. The number of rotatable bonds is 10. The lowest BCUT2D eigenvalue weighted by molar-refractivity contribution is 0.157. The second-order valence-corrected chi connectivity index (χ2v) is 9.08. The number of nitrogens with one attached hydrogen (secondary N) is 2. The molecular weight excluding hydrogens is 458 g/mol. The van der Waals surface area contributed by atoms with Crippen LogP contribution in [0.15, 0.2) is 90.5 Å². The number of likely N-dealkylation sites (N-methyl/N-ethyl adjacent to an activating group) is 1. The van der Waals surface area contributed by atoms with Crippen molar-refractivity contribution in [2.24, 2.45) is 0 Å². The van der Waals surface area contributed by atoms with E-state index in [-0.39, 0.29) is 0 Å². The standard InChI is InChI=1S/C31H33N5O/c1-3-36(4-2)29-15-12-25(31(21-29)37-22-28-7-5-6-17-32-28)11-14-27-20-26(34-35-27)13-9-23-8-10-24-16-18-33-30(24)19-23/h5-20,29,33H,3-4,21-22H2,1-2H3,(H,34,35)/b13-9+,14-11+. The fourth-order valence-electron chi connectivity index (χ4n) is 4.62. The summed E-state index contributed by atoms with van der Waals surface area (Å²) in [7, 11) is 0. The van der Waals surface area contributed by atoms with Gasteiger partial charge >= 0.3 is 0 Å². The molecular formula is C31H33N5O. The number of allylic oxidation sites excluding steroid dienone is 3. The van der Waals surface area contributed by atoms with E-state index in [1.165, 1.54) is 5.39 Å². The highest BCUT2D eigenvalue weighted by atomic mass is 16.5. The zero-order valence-corrected chi connectivity index (χ0v) is 21.4. The predicted molar refractivity (Wildman–Crippen MR) is 151 cm³/mol. The number of pyridine rings is 1. The van der Waals surface area contributed by atoms with Crippen LogP contribution in [0.1, 0.15) is 42.9 Å². The largest absolute Gasteiger partial charge is 0.491 e. The van der Waals surface area contributed by atoms with Crippen LogP contribution < -0.4 is 0 Å². The SMILES string of the molecule is CCN(CC)C1C=CC(/C=C/c2cc(/C=C/c3ccc4cc[nH]c4c3)[nH]n2)=C(OCc2ccccn2)C1. The molecule has 1 aliphatic rings. The Morgan fingerprint density at radius 1 is 1.03 bits per heavy atom. The minimum atomic E-state index is 0.332. The van der Waals surface area contributed by atoms with Crippen LogP contribution in [0.25, 0.3) is 29.1 Å². The molecule has 0 radical (unpaired) electrons. The number of fused-ring (bicyclic) bond motifs is 1. The third-order valence-corrected chi connectivity index (χ3v) is 6.70. The lowest BCUT2D eigenvalue weighted by Gasteiger charge is -2.30. The molecule has 3 aromatic heterocycles. The van der Waals surface area contributed by atoms with Gasteiger partial charge in [0, 0.05) is 35.9 Å². The molecule has 2 N–H and O–H groups in total. The molecule has 37 heavy (non-hydrogen) atoms. The van der Waals surface area contributed by atoms with E-state index in [9.17, 15) is 0 Å². The van der Waals surface area contributed by atoms with Gasteiger partial charge in [0.05, 0.1) is 17.1 Å². The van der Waals surface area contributed by atoms with Crippen LogP contribution in [-0.2, 0) is 11.3 Å². The molecule has 1 unspecified atom stereocenters. The molecule has 188 valence electrons. The number of H-pyrrole nitrogens is 2. The molecule has 1 aromatic carbocycles. The maximum Gasteiger partial charge on any atom is 0.130 e. The average Bonchev–Trinajstić information content (AvgIpc) is 3.60. The predicted octanol–water partition coefficient (Wildman–Crippen LogP) is 6.61. The van der Waals surface area contributed by atoms with Gasteiger partial charge in [0.2, 0.25) is 0 Å². The van der Waals surface area contributed by atoms with Gasteiger partial charge in [-0.25, -0.2) is 0 Å². The lowest BCUT2D eigenvalue weighted by atomic mass is 9.98. The van der Waals surface area contributed by atoms with Crippen molar-refractivity contribution in [3.63, 3.8) is 0 Å². The van der Waals surface area contributed by atoms with E-state index in [1.807, 2.05) is 42.6 Å². The summed E-state index contributed by atoms with van der Waals surface area (Å²) < 4.78 is 6.30. The molecule has 0 saturated carbocycles. The molecule has 0 amide bonds. The van der Waals surface area contributed by atoms with E-state index in [1.54, 1.807) is 6.20 Å². The van der Waals surface area contributed by atoms with Crippen molar-refractivity contribution < 1.29 is 4.74 Å². The molecule has 1 atom stereocenters. The monoisotopic (exact) mass is 491 g/mol. The van der Waals surface area contributed by atoms with Crippen molar-refractivity contribution in [1.82, 2.24) is 25.1 Å². The van der Waals surface area contributed by atoms with Crippen molar-refractivity contribution in [2.75, 3.05) is 13.1 Å². The van der Waals surface area contributed by atoms with Gasteiger partial charge in [-0.2, -0.15) is 5.10 Å². The molecule has 0 aliphatic heterocycles. The summed E-state index contributed by atoms with van der Waals surface area (Å²) in [6.07, 6.45) is 17.3. The third kappa shape index (κ3) is 6.16. The van der Waals surface area contributed by atoms with E-state index < -0.39 is 0 Å². The normalized spacial score (nSPS) is 16.1. The maximum absolute atomic E-state index is 6.30. The van der Waals surface area contributed by atoms with Crippen LogP contribution in [-0.4, -0.2) is 44.2 Å². The Balaban J connectivity index is 1.30. The van der Waals surface area contributed by atoms with E-state index in [2.05, 4.69) is 87.5 Å². The first kappa shape index (κ1) is 24.5. The molecule has 5 rings (SSSR count). The van der Waals surface area contributed by atoms with Crippen molar-refractivity contribution >= 4 is 29.1 Å². The molecule has 6 nitrogen and oxygen atoms in total. The topological polar surface area (TPSA) is 69.8 Å². The number of benzene rings is 1. The van der Waals surface area contributed by atoms with Gasteiger partial charge in [0.1, 0.15) is 12.4 Å². The van der Waals surface area contributed by atoms with Crippen LogP contribution in [0.2, 0.25) is 0 Å². The van der Waals surface area contributed by atoms with E-state index in [0.29, 0.717) is 12.6 Å². The second kappa shape index (κ2) is 11.7. The van der Waals surface area contributed by atoms with Crippen molar-refractivity contribution in [3.05, 3.63) is 113 Å². The molecule has 0 spiro atoms. The Bertz CT molecular complexity index is 1440. The molecule has 0 saturated heterocycles. The van der Waals surface area contributed by atoms with Crippen LogP contribution in [0, 0.1) is 0 Å². The van der Waals surface area contributed by atoms with Gasteiger partial charge in [0.15, 0.2) is 0 Å². The summed E-state index contributed by atoms with van der Waals surface area (Å²) in [5.41, 5.74) is 6.08. The second-order valence-electron chi connectivity index (χ2n) is 9.08. The first-order valence-electron chi connectivity index (χ1n) is 12.9. The molecule has 6 heteroatoms. The Kier molecular flexibility index (Phi) is 7.77. The van der Waals surface area contributed by atoms with Gasteiger partial charge in [-0.1, -0.05) is 50.3 Å². The first-order chi connectivity index (χ1) is 18.2. The zero-order chi connectivity index (χ0) is 25.5. The minimum absolute atomic E-state index is 0.332. The number of hydrogen-bond acceptors (Lipinski definition) is 4. The lowest BCUT2D eigenvalue weighted by Crippen LogP contribution is -2.35. The molecule has 4 aromatic rings. The summed E-state index contributed by atoms with van der Waals surface area (Å²) in [4.78, 5) is 10.1. The fourth-order valence-corrected chi connectivity index (χ4v) is 4.62. The van der Waals surface area contributed by atoms with E-state index >= 15 is 0 Å². The molecule has 0 fully saturated rings. The minimum Gasteiger partial charge on any atom is -0.491 e.